The molecule has 3 rings (SSSR count). The van der Waals surface area contributed by atoms with Gasteiger partial charge in [-0.3, -0.25) is 9.97 Å². The summed E-state index contributed by atoms with van der Waals surface area (Å²) >= 11 is 0. The van der Waals surface area contributed by atoms with Crippen LogP contribution in [0.15, 0.2) is 55.1 Å². The predicted octanol–water partition coefficient (Wildman–Crippen LogP) is 0.254. The molecule has 2 heterocycles. The normalized spacial score (nSPS) is 11.8. The Kier molecular flexibility index (Phi) is 2.97. The molecule has 1 aromatic carbocycles. The summed E-state index contributed by atoms with van der Waals surface area (Å²) in [4.78, 5) is 9.20. The first-order chi connectivity index (χ1) is 9.64. The van der Waals surface area contributed by atoms with Gasteiger partial charge in [0.15, 0.2) is 6.15 Å². The highest BCUT2D eigenvalue weighted by Crippen LogP contribution is 2.04. The number of hydrogen-bond acceptors (Lipinski definition) is 2. The van der Waals surface area contributed by atoms with Gasteiger partial charge in [0.05, 0.1) is 0 Å². The molecular weight excluding hydrogens is 247 g/mol. The van der Waals surface area contributed by atoms with E-state index in [2.05, 4.69) is 50.2 Å². The van der Waals surface area contributed by atoms with Crippen molar-refractivity contribution in [2.24, 2.45) is 14.1 Å². The van der Waals surface area contributed by atoms with Crippen molar-refractivity contribution >= 4 is 23.1 Å². The van der Waals surface area contributed by atoms with Gasteiger partial charge in [0.1, 0.15) is 0 Å². The molecule has 0 saturated carbocycles. The fourth-order valence-corrected chi connectivity index (χ4v) is 3.12. The van der Waals surface area contributed by atoms with Crippen molar-refractivity contribution in [3.63, 3.8) is 0 Å². The maximum Gasteiger partial charge on any atom is 0.159 e. The monoisotopic (exact) mass is 265 g/mol. The number of imidazole rings is 2. The molecule has 0 aliphatic rings. The SMILES string of the molecule is Cn1ccnc1[B-](C)(c1ccccc1)c1nccn1C. The smallest absolute Gasteiger partial charge is 0.159 e. The molecule has 102 valence electrons. The van der Waals surface area contributed by atoms with Crippen LogP contribution in [0.5, 0.6) is 0 Å². The molecule has 0 radical (unpaired) electrons. The number of hydrogen-bond donors (Lipinski definition) is 0. The molecule has 0 aliphatic carbocycles. The van der Waals surface area contributed by atoms with Gasteiger partial charge < -0.3 is 9.13 Å². The molecule has 0 fully saturated rings. The van der Waals surface area contributed by atoms with Crippen molar-refractivity contribution < 1.29 is 0 Å². The first-order valence-electron chi connectivity index (χ1n) is 6.84. The summed E-state index contributed by atoms with van der Waals surface area (Å²) in [6.07, 6.45) is 6.49. The van der Waals surface area contributed by atoms with Crippen LogP contribution in [0.25, 0.3) is 0 Å². The van der Waals surface area contributed by atoms with Crippen molar-refractivity contribution in [3.8, 4) is 0 Å². The van der Waals surface area contributed by atoms with E-state index in [1.165, 1.54) is 5.46 Å². The van der Waals surface area contributed by atoms with Gasteiger partial charge in [-0.2, -0.15) is 12.3 Å². The maximum absolute atomic E-state index is 4.60. The van der Waals surface area contributed by atoms with E-state index in [0.29, 0.717) is 0 Å². The Balaban J connectivity index is 2.29. The summed E-state index contributed by atoms with van der Waals surface area (Å²) in [5.41, 5.74) is 3.34. The Hall–Kier alpha value is -2.30. The summed E-state index contributed by atoms with van der Waals surface area (Å²) in [6.45, 7) is 2.24. The maximum atomic E-state index is 4.60. The van der Waals surface area contributed by atoms with Crippen molar-refractivity contribution in [2.45, 2.75) is 6.82 Å². The number of benzene rings is 1. The molecule has 0 amide bonds. The van der Waals surface area contributed by atoms with Gasteiger partial charge >= 0.3 is 0 Å². The molecule has 0 saturated heterocycles. The summed E-state index contributed by atoms with van der Waals surface area (Å²) in [6, 6.07) is 10.5. The van der Waals surface area contributed by atoms with E-state index in [0.717, 1.165) is 11.4 Å². The Morgan fingerprint density at radius 2 is 1.35 bits per heavy atom. The minimum Gasteiger partial charge on any atom is -0.373 e. The zero-order chi connectivity index (χ0) is 14.2. The quantitative estimate of drug-likeness (QED) is 0.636. The van der Waals surface area contributed by atoms with E-state index >= 15 is 0 Å². The zero-order valence-corrected chi connectivity index (χ0v) is 12.1. The lowest BCUT2D eigenvalue weighted by Gasteiger charge is -2.36. The molecule has 20 heavy (non-hydrogen) atoms. The molecule has 0 unspecified atom stereocenters. The first kappa shape index (κ1) is 12.7. The number of rotatable bonds is 3. The minimum absolute atomic E-state index is 1.05. The fraction of sp³-hybridized carbons (Fsp3) is 0.200. The van der Waals surface area contributed by atoms with Gasteiger partial charge in [-0.1, -0.05) is 30.3 Å². The second-order valence-corrected chi connectivity index (χ2v) is 5.50. The van der Waals surface area contributed by atoms with E-state index in [9.17, 15) is 0 Å². The van der Waals surface area contributed by atoms with Crippen LogP contribution in [0, 0.1) is 0 Å². The summed E-state index contributed by atoms with van der Waals surface area (Å²) in [5.74, 6) is 0. The Labute approximate surface area is 119 Å². The van der Waals surface area contributed by atoms with Crippen LogP contribution in [0.2, 0.25) is 6.82 Å². The molecule has 0 bridgehead atoms. The summed E-state index contributed by atoms with van der Waals surface area (Å²) < 4.78 is 4.17. The molecule has 0 aliphatic heterocycles. The Bertz CT molecular complexity index is 674. The largest absolute Gasteiger partial charge is 0.373 e. The van der Waals surface area contributed by atoms with Gasteiger partial charge in [-0.25, -0.2) is 0 Å². The van der Waals surface area contributed by atoms with Gasteiger partial charge in [-0.05, 0) is 11.4 Å². The molecule has 0 spiro atoms. The lowest BCUT2D eigenvalue weighted by molar-refractivity contribution is 0.929. The van der Waals surface area contributed by atoms with Crippen LogP contribution in [-0.2, 0) is 14.1 Å². The van der Waals surface area contributed by atoms with Crippen LogP contribution in [-0.4, -0.2) is 25.2 Å². The van der Waals surface area contributed by atoms with E-state index in [-0.39, 0.29) is 0 Å². The highest BCUT2D eigenvalue weighted by Gasteiger charge is 2.31. The van der Waals surface area contributed by atoms with Crippen LogP contribution < -0.4 is 16.9 Å². The Morgan fingerprint density at radius 1 is 0.850 bits per heavy atom. The number of nitrogens with zero attached hydrogens (tertiary/aromatic N) is 4. The fourth-order valence-electron chi connectivity index (χ4n) is 3.12. The molecule has 0 atom stereocenters. The topological polar surface area (TPSA) is 35.6 Å². The lowest BCUT2D eigenvalue weighted by Crippen LogP contribution is -2.69. The minimum atomic E-state index is -1.18. The number of aromatic nitrogens is 4. The van der Waals surface area contributed by atoms with E-state index in [1.807, 2.05) is 44.9 Å². The lowest BCUT2D eigenvalue weighted by atomic mass is 9.21. The number of aryl methyl sites for hydroxylation is 2. The van der Waals surface area contributed by atoms with Gasteiger partial charge in [0, 0.05) is 38.9 Å². The standard InChI is InChI=1S/C15H18BN4/c1-16(13-7-5-4-6-8-13,14-17-9-11-19(14)2)15-18-10-12-20(15)3/h4-12H,1-3H3/q-1. The van der Waals surface area contributed by atoms with Crippen LogP contribution in [0.4, 0.5) is 0 Å². The second kappa shape index (κ2) is 4.67. The first-order valence-corrected chi connectivity index (χ1v) is 6.84. The van der Waals surface area contributed by atoms with Crippen molar-refractivity contribution in [3.05, 3.63) is 55.1 Å². The highest BCUT2D eigenvalue weighted by molar-refractivity contribution is 7.09. The van der Waals surface area contributed by atoms with E-state index < -0.39 is 6.15 Å². The third kappa shape index (κ3) is 1.78. The van der Waals surface area contributed by atoms with Crippen molar-refractivity contribution in [1.29, 1.82) is 0 Å². The van der Waals surface area contributed by atoms with Crippen molar-refractivity contribution in [1.82, 2.24) is 19.1 Å². The van der Waals surface area contributed by atoms with Crippen LogP contribution in [0.1, 0.15) is 0 Å². The van der Waals surface area contributed by atoms with Crippen LogP contribution >= 0.6 is 0 Å². The predicted molar refractivity (Wildman–Crippen MR) is 83.4 cm³/mol. The average molecular weight is 265 g/mol. The van der Waals surface area contributed by atoms with Gasteiger partial charge in [0.2, 0.25) is 0 Å². The van der Waals surface area contributed by atoms with E-state index in [1.54, 1.807) is 0 Å². The molecule has 3 aromatic rings. The van der Waals surface area contributed by atoms with Crippen molar-refractivity contribution in [2.75, 3.05) is 0 Å². The van der Waals surface area contributed by atoms with Crippen LogP contribution in [0.3, 0.4) is 0 Å². The van der Waals surface area contributed by atoms with Gasteiger partial charge in [0.25, 0.3) is 0 Å². The summed E-state index contributed by atoms with van der Waals surface area (Å²) in [7, 11) is 4.07. The average Bonchev–Trinajstić information content (AvgIpc) is 3.08. The zero-order valence-electron chi connectivity index (χ0n) is 12.1. The summed E-state index contributed by atoms with van der Waals surface area (Å²) in [5, 5.41) is 0. The Morgan fingerprint density at radius 3 is 1.75 bits per heavy atom. The van der Waals surface area contributed by atoms with Gasteiger partial charge in [-0.15, -0.1) is 0 Å². The third-order valence-electron chi connectivity index (χ3n) is 4.22. The molecule has 5 heteroatoms. The molecule has 0 N–H and O–H groups in total. The molecule has 2 aromatic heterocycles. The van der Waals surface area contributed by atoms with E-state index in [4.69, 9.17) is 0 Å². The second-order valence-electron chi connectivity index (χ2n) is 5.50. The third-order valence-corrected chi connectivity index (χ3v) is 4.22. The molecular formula is C15H18BN4-. The molecule has 4 nitrogen and oxygen atoms in total. The highest BCUT2D eigenvalue weighted by atomic mass is 15.1.